The van der Waals surface area contributed by atoms with E-state index in [0.717, 1.165) is 25.4 Å². The Balaban J connectivity index is 2.04. The summed E-state index contributed by atoms with van der Waals surface area (Å²) in [7, 11) is 1.15. The molecule has 2 saturated heterocycles. The van der Waals surface area contributed by atoms with Gasteiger partial charge in [0.15, 0.2) is 0 Å². The molecule has 3 atom stereocenters. The molecule has 0 bridgehead atoms. The van der Waals surface area contributed by atoms with Gasteiger partial charge in [-0.25, -0.2) is 0 Å². The van der Waals surface area contributed by atoms with Crippen LogP contribution < -0.4 is 0 Å². The van der Waals surface area contributed by atoms with Crippen LogP contribution in [0.4, 0.5) is 0 Å². The van der Waals surface area contributed by atoms with Crippen molar-refractivity contribution in [1.82, 2.24) is 4.90 Å². The summed E-state index contributed by atoms with van der Waals surface area (Å²) in [5.41, 5.74) is 0.0269. The molecule has 2 aliphatic rings. The predicted molar refractivity (Wildman–Crippen MR) is 79.7 cm³/mol. The van der Waals surface area contributed by atoms with E-state index < -0.39 is 8.56 Å². The minimum absolute atomic E-state index is 0.0112. The summed E-state index contributed by atoms with van der Waals surface area (Å²) >= 11 is 0. The molecule has 0 aliphatic carbocycles. The molecule has 0 aromatic heterocycles. The van der Waals surface area contributed by atoms with Crippen molar-refractivity contribution >= 4 is 8.56 Å². The molecule has 2 aliphatic heterocycles. The predicted octanol–water partition coefficient (Wildman–Crippen LogP) is 1.75. The lowest BCUT2D eigenvalue weighted by molar-refractivity contribution is -0.0943. The molecule has 3 unspecified atom stereocenters. The van der Waals surface area contributed by atoms with Gasteiger partial charge in [0.25, 0.3) is 0 Å². The topological polar surface area (TPSA) is 40.2 Å². The second-order valence-electron chi connectivity index (χ2n) is 6.10. The molecule has 5 nitrogen and oxygen atoms in total. The zero-order valence-corrected chi connectivity index (χ0v) is 14.3. The summed E-state index contributed by atoms with van der Waals surface area (Å²) in [6, 6.07) is 0. The van der Waals surface area contributed by atoms with Crippen LogP contribution in [-0.4, -0.2) is 65.9 Å². The lowest BCUT2D eigenvalue weighted by atomic mass is 9.99. The average molecular weight is 303 g/mol. The molecule has 2 rings (SSSR count). The molecule has 118 valence electrons. The third-order valence-corrected chi connectivity index (χ3v) is 7.90. The maximum absolute atomic E-state index is 6.40. The maximum atomic E-state index is 6.40. The van der Waals surface area contributed by atoms with Crippen LogP contribution in [0, 0.1) is 5.92 Å². The van der Waals surface area contributed by atoms with E-state index in [9.17, 15) is 0 Å². The van der Waals surface area contributed by atoms with Gasteiger partial charge in [-0.2, -0.15) is 0 Å². The SMILES string of the molecule is COC1CCOCC(N2CCC(C)CC2)O[Si]1(C)OC. The van der Waals surface area contributed by atoms with E-state index in [1.807, 2.05) is 0 Å². The Morgan fingerprint density at radius 3 is 2.45 bits per heavy atom. The standard InChI is InChI=1S/C14H29NO4Si/c1-12-5-8-15(9-6-12)13-11-18-10-7-14(16-2)20(4,17-3)19-13/h12-14H,5-11H2,1-4H3. The monoisotopic (exact) mass is 303 g/mol. The summed E-state index contributed by atoms with van der Waals surface area (Å²) in [5.74, 6) is 0.818. The van der Waals surface area contributed by atoms with Crippen molar-refractivity contribution in [2.75, 3.05) is 40.5 Å². The number of methoxy groups -OCH3 is 1. The van der Waals surface area contributed by atoms with Gasteiger partial charge in [-0.3, -0.25) is 4.90 Å². The number of nitrogens with zero attached hydrogens (tertiary/aromatic N) is 1. The van der Waals surface area contributed by atoms with Crippen molar-refractivity contribution in [3.63, 3.8) is 0 Å². The van der Waals surface area contributed by atoms with Gasteiger partial charge in [0.2, 0.25) is 0 Å². The molecule has 0 saturated carbocycles. The third kappa shape index (κ3) is 3.81. The van der Waals surface area contributed by atoms with Crippen LogP contribution >= 0.6 is 0 Å². The van der Waals surface area contributed by atoms with E-state index in [1.165, 1.54) is 12.8 Å². The molecule has 0 aromatic carbocycles. The van der Waals surface area contributed by atoms with Crippen molar-refractivity contribution in [1.29, 1.82) is 0 Å². The van der Waals surface area contributed by atoms with Gasteiger partial charge in [-0.15, -0.1) is 0 Å². The summed E-state index contributed by atoms with van der Waals surface area (Å²) in [6.45, 7) is 7.95. The van der Waals surface area contributed by atoms with Crippen molar-refractivity contribution in [2.45, 2.75) is 44.7 Å². The lowest BCUT2D eigenvalue weighted by Crippen LogP contribution is -2.59. The summed E-state index contributed by atoms with van der Waals surface area (Å²) in [4.78, 5) is 2.41. The van der Waals surface area contributed by atoms with Gasteiger partial charge in [0, 0.05) is 33.9 Å². The number of likely N-dealkylation sites (tertiary alicyclic amines) is 1. The van der Waals surface area contributed by atoms with Gasteiger partial charge in [-0.1, -0.05) is 6.92 Å². The van der Waals surface area contributed by atoms with Crippen molar-refractivity contribution in [3.05, 3.63) is 0 Å². The van der Waals surface area contributed by atoms with Crippen LogP contribution in [0.3, 0.4) is 0 Å². The van der Waals surface area contributed by atoms with Crippen LogP contribution in [-0.2, 0) is 18.3 Å². The average Bonchev–Trinajstić information content (AvgIpc) is 2.44. The number of hydrogen-bond acceptors (Lipinski definition) is 5. The molecule has 0 aromatic rings. The van der Waals surface area contributed by atoms with Crippen LogP contribution in [0.1, 0.15) is 26.2 Å². The summed E-state index contributed by atoms with van der Waals surface area (Å²) in [6.07, 6.45) is 3.33. The zero-order chi connectivity index (χ0) is 14.6. The Bertz CT molecular complexity index is 299. The number of ether oxygens (including phenoxy) is 2. The van der Waals surface area contributed by atoms with E-state index in [2.05, 4.69) is 18.4 Å². The number of hydrogen-bond donors (Lipinski definition) is 0. The second-order valence-corrected chi connectivity index (χ2v) is 9.42. The van der Waals surface area contributed by atoms with E-state index in [0.29, 0.717) is 13.2 Å². The van der Waals surface area contributed by atoms with E-state index >= 15 is 0 Å². The smallest absolute Gasteiger partial charge is 0.365 e. The first kappa shape index (κ1) is 16.4. The van der Waals surface area contributed by atoms with Gasteiger partial charge in [-0.05, 0) is 31.7 Å². The highest BCUT2D eigenvalue weighted by Crippen LogP contribution is 2.26. The Hall–Kier alpha value is 0.0169. The first-order chi connectivity index (χ1) is 9.59. The highest BCUT2D eigenvalue weighted by molar-refractivity contribution is 6.67. The normalized spacial score (nSPS) is 38.4. The Morgan fingerprint density at radius 1 is 1.15 bits per heavy atom. The van der Waals surface area contributed by atoms with Crippen molar-refractivity contribution in [2.24, 2.45) is 5.92 Å². The molecule has 2 heterocycles. The van der Waals surface area contributed by atoms with E-state index in [4.69, 9.17) is 18.3 Å². The van der Waals surface area contributed by atoms with Gasteiger partial charge >= 0.3 is 8.56 Å². The van der Waals surface area contributed by atoms with Crippen LogP contribution in [0.25, 0.3) is 0 Å². The second kappa shape index (κ2) is 7.33. The van der Waals surface area contributed by atoms with Crippen molar-refractivity contribution in [3.8, 4) is 0 Å². The van der Waals surface area contributed by atoms with Gasteiger partial charge in [0.05, 0.1) is 6.61 Å². The number of piperidine rings is 1. The molecular weight excluding hydrogens is 274 g/mol. The van der Waals surface area contributed by atoms with Crippen molar-refractivity contribution < 1.29 is 18.3 Å². The lowest BCUT2D eigenvalue weighted by Gasteiger charge is -2.43. The minimum Gasteiger partial charge on any atom is -0.396 e. The Morgan fingerprint density at radius 2 is 1.85 bits per heavy atom. The zero-order valence-electron chi connectivity index (χ0n) is 13.3. The Kier molecular flexibility index (Phi) is 6.01. The first-order valence-electron chi connectivity index (χ1n) is 7.66. The maximum Gasteiger partial charge on any atom is 0.365 e. The molecular formula is C14H29NO4Si. The van der Waals surface area contributed by atoms with E-state index in [-0.39, 0.29) is 12.0 Å². The van der Waals surface area contributed by atoms with Gasteiger partial charge in [0.1, 0.15) is 12.0 Å². The fraction of sp³-hybridized carbons (Fsp3) is 1.00. The van der Waals surface area contributed by atoms with Gasteiger partial charge < -0.3 is 18.3 Å². The highest BCUT2D eigenvalue weighted by atomic mass is 28.4. The third-order valence-electron chi connectivity index (χ3n) is 4.66. The molecule has 0 spiro atoms. The molecule has 2 fully saturated rings. The molecule has 20 heavy (non-hydrogen) atoms. The quantitative estimate of drug-likeness (QED) is 0.743. The number of rotatable bonds is 3. The molecule has 6 heteroatoms. The Labute approximate surface area is 123 Å². The molecule has 0 amide bonds. The molecule has 0 radical (unpaired) electrons. The molecule has 0 N–H and O–H groups in total. The fourth-order valence-corrected chi connectivity index (χ4v) is 5.36. The van der Waals surface area contributed by atoms with Crippen LogP contribution in [0.2, 0.25) is 6.55 Å². The first-order valence-corrected chi connectivity index (χ1v) is 10.1. The highest BCUT2D eigenvalue weighted by Gasteiger charge is 2.45. The van der Waals surface area contributed by atoms with E-state index in [1.54, 1.807) is 14.2 Å². The minimum atomic E-state index is -2.33. The summed E-state index contributed by atoms with van der Waals surface area (Å²) < 4.78 is 23.5. The summed E-state index contributed by atoms with van der Waals surface area (Å²) in [5, 5.41) is 0. The fourth-order valence-electron chi connectivity index (χ4n) is 3.02. The van der Waals surface area contributed by atoms with Crippen LogP contribution in [0.15, 0.2) is 0 Å². The van der Waals surface area contributed by atoms with Crippen LogP contribution in [0.5, 0.6) is 0 Å². The largest absolute Gasteiger partial charge is 0.396 e.